The molecule has 0 bridgehead atoms. The molecule has 0 unspecified atom stereocenters. The van der Waals surface area contributed by atoms with Gasteiger partial charge in [0.25, 0.3) is 0 Å². The van der Waals surface area contributed by atoms with Crippen LogP contribution in [0.4, 0.5) is 0 Å². The molecule has 0 aliphatic heterocycles. The normalized spacial score (nSPS) is 10.6. The van der Waals surface area contributed by atoms with E-state index in [2.05, 4.69) is 31.1 Å². The Kier molecular flexibility index (Phi) is 1.93. The Bertz CT molecular complexity index is 151. The number of aromatic nitrogens is 1. The molecule has 1 aromatic heterocycles. The van der Waals surface area contributed by atoms with Gasteiger partial charge in [0.1, 0.15) is 0 Å². The SMILES string of the molecule is CC(C)Cc1cc[c][nH]1. The molecule has 1 heteroatoms. The summed E-state index contributed by atoms with van der Waals surface area (Å²) in [6.07, 6.45) is 4.04. The Balaban J connectivity index is 2.48. The zero-order chi connectivity index (χ0) is 6.69. The van der Waals surface area contributed by atoms with Crippen molar-refractivity contribution in [2.75, 3.05) is 0 Å². The lowest BCUT2D eigenvalue weighted by Crippen LogP contribution is -1.92. The van der Waals surface area contributed by atoms with Crippen molar-refractivity contribution in [3.63, 3.8) is 0 Å². The maximum atomic E-state index is 3.04. The third-order valence-electron chi connectivity index (χ3n) is 1.23. The highest BCUT2D eigenvalue weighted by molar-refractivity contribution is 5.02. The summed E-state index contributed by atoms with van der Waals surface area (Å²) in [4.78, 5) is 3.04. The monoisotopic (exact) mass is 122 g/mol. The van der Waals surface area contributed by atoms with Gasteiger partial charge in [-0.15, -0.1) is 0 Å². The summed E-state index contributed by atoms with van der Waals surface area (Å²) in [7, 11) is 0. The van der Waals surface area contributed by atoms with Crippen molar-refractivity contribution in [1.29, 1.82) is 0 Å². The van der Waals surface area contributed by atoms with Crippen LogP contribution in [0.1, 0.15) is 19.5 Å². The maximum absolute atomic E-state index is 3.04. The second kappa shape index (κ2) is 2.72. The summed E-state index contributed by atoms with van der Waals surface area (Å²) in [5, 5.41) is 0. The molecule has 0 saturated heterocycles. The molecule has 1 heterocycles. The van der Waals surface area contributed by atoms with Crippen LogP contribution in [0.5, 0.6) is 0 Å². The predicted molar refractivity (Wildman–Crippen MR) is 38.2 cm³/mol. The average Bonchev–Trinajstić information content (AvgIpc) is 2.15. The summed E-state index contributed by atoms with van der Waals surface area (Å²) in [6, 6.07) is 3.98. The summed E-state index contributed by atoms with van der Waals surface area (Å²) < 4.78 is 0. The number of hydrogen-bond acceptors (Lipinski definition) is 0. The van der Waals surface area contributed by atoms with Gasteiger partial charge in [-0.1, -0.05) is 13.8 Å². The van der Waals surface area contributed by atoms with Crippen molar-refractivity contribution in [2.45, 2.75) is 20.3 Å². The van der Waals surface area contributed by atoms with Crippen LogP contribution in [-0.4, -0.2) is 4.98 Å². The molecule has 1 N–H and O–H groups in total. The Morgan fingerprint density at radius 2 is 2.44 bits per heavy atom. The largest absolute Gasteiger partial charge is 0.357 e. The highest BCUT2D eigenvalue weighted by Gasteiger charge is 1.95. The third-order valence-corrected chi connectivity index (χ3v) is 1.23. The van der Waals surface area contributed by atoms with Crippen molar-refractivity contribution in [3.8, 4) is 0 Å². The minimum atomic E-state index is 0.733. The number of hydrogen-bond donors (Lipinski definition) is 1. The van der Waals surface area contributed by atoms with E-state index in [1.165, 1.54) is 5.69 Å². The van der Waals surface area contributed by atoms with Gasteiger partial charge in [0.2, 0.25) is 0 Å². The van der Waals surface area contributed by atoms with Gasteiger partial charge in [-0.05, 0) is 24.5 Å². The van der Waals surface area contributed by atoms with Crippen molar-refractivity contribution in [2.24, 2.45) is 5.92 Å². The molecular formula is C8H12N. The van der Waals surface area contributed by atoms with E-state index in [0.717, 1.165) is 12.3 Å². The number of nitrogens with one attached hydrogen (secondary N) is 1. The zero-order valence-corrected chi connectivity index (χ0v) is 5.94. The lowest BCUT2D eigenvalue weighted by Gasteiger charge is -1.99. The fraction of sp³-hybridized carbons (Fsp3) is 0.500. The van der Waals surface area contributed by atoms with Crippen LogP contribution in [0.3, 0.4) is 0 Å². The van der Waals surface area contributed by atoms with Gasteiger partial charge in [-0.3, -0.25) is 0 Å². The minimum Gasteiger partial charge on any atom is -0.357 e. The molecule has 0 fully saturated rings. The van der Waals surface area contributed by atoms with Gasteiger partial charge >= 0.3 is 0 Å². The van der Waals surface area contributed by atoms with E-state index in [-0.39, 0.29) is 0 Å². The molecule has 0 aliphatic rings. The Labute approximate surface area is 56.1 Å². The van der Waals surface area contributed by atoms with Crippen LogP contribution in [0.15, 0.2) is 12.1 Å². The smallest absolute Gasteiger partial charge is 0.0621 e. The van der Waals surface area contributed by atoms with E-state index in [0.29, 0.717) is 0 Å². The second-order valence-electron chi connectivity index (χ2n) is 2.73. The van der Waals surface area contributed by atoms with Crippen molar-refractivity contribution < 1.29 is 0 Å². The molecule has 1 rings (SSSR count). The predicted octanol–water partition coefficient (Wildman–Crippen LogP) is 2.01. The first-order valence-electron chi connectivity index (χ1n) is 3.33. The molecule has 0 spiro atoms. The Morgan fingerprint density at radius 1 is 1.67 bits per heavy atom. The Hall–Kier alpha value is -0.720. The molecule has 1 aromatic rings. The third kappa shape index (κ3) is 1.92. The second-order valence-corrected chi connectivity index (χ2v) is 2.73. The van der Waals surface area contributed by atoms with Crippen molar-refractivity contribution >= 4 is 0 Å². The Morgan fingerprint density at radius 3 is 2.89 bits per heavy atom. The van der Waals surface area contributed by atoms with Gasteiger partial charge in [-0.25, -0.2) is 0 Å². The first-order valence-corrected chi connectivity index (χ1v) is 3.33. The van der Waals surface area contributed by atoms with Crippen molar-refractivity contribution in [1.82, 2.24) is 4.98 Å². The number of rotatable bonds is 2. The fourth-order valence-electron chi connectivity index (χ4n) is 0.877. The highest BCUT2D eigenvalue weighted by Crippen LogP contribution is 2.03. The lowest BCUT2D eigenvalue weighted by atomic mass is 10.1. The van der Waals surface area contributed by atoms with Crippen LogP contribution < -0.4 is 0 Å². The van der Waals surface area contributed by atoms with Gasteiger partial charge in [0.15, 0.2) is 0 Å². The molecule has 0 aromatic carbocycles. The number of aromatic amines is 1. The first kappa shape index (κ1) is 6.40. The van der Waals surface area contributed by atoms with Crippen LogP contribution in [0.25, 0.3) is 0 Å². The minimum absolute atomic E-state index is 0.733. The van der Waals surface area contributed by atoms with Gasteiger partial charge in [-0.2, -0.15) is 0 Å². The summed E-state index contributed by atoms with van der Waals surface area (Å²) in [5.41, 5.74) is 1.28. The van der Waals surface area contributed by atoms with Crippen LogP contribution in [0, 0.1) is 12.1 Å². The lowest BCUT2D eigenvalue weighted by molar-refractivity contribution is 0.637. The van der Waals surface area contributed by atoms with Crippen LogP contribution in [-0.2, 0) is 6.42 Å². The highest BCUT2D eigenvalue weighted by atomic mass is 14.7. The summed E-state index contributed by atoms with van der Waals surface area (Å²) >= 11 is 0. The molecular weight excluding hydrogens is 110 g/mol. The molecule has 0 atom stereocenters. The van der Waals surface area contributed by atoms with Crippen molar-refractivity contribution in [3.05, 3.63) is 24.0 Å². The van der Waals surface area contributed by atoms with Gasteiger partial charge in [0, 0.05) is 5.69 Å². The molecule has 0 saturated carbocycles. The summed E-state index contributed by atoms with van der Waals surface area (Å²) in [6.45, 7) is 4.42. The first-order chi connectivity index (χ1) is 4.29. The molecule has 0 aliphatic carbocycles. The van der Waals surface area contributed by atoms with E-state index in [9.17, 15) is 0 Å². The fourth-order valence-corrected chi connectivity index (χ4v) is 0.877. The van der Waals surface area contributed by atoms with Crippen LogP contribution in [0.2, 0.25) is 0 Å². The topological polar surface area (TPSA) is 15.8 Å². The molecule has 49 valence electrons. The molecule has 1 nitrogen and oxygen atoms in total. The standard InChI is InChI=1S/C8H12N/c1-7(2)6-8-4-3-5-9-8/h3-4,7,9H,6H2,1-2H3. The van der Waals surface area contributed by atoms with E-state index < -0.39 is 0 Å². The molecule has 1 radical (unpaired) electrons. The van der Waals surface area contributed by atoms with E-state index in [1.807, 2.05) is 6.07 Å². The van der Waals surface area contributed by atoms with E-state index in [1.54, 1.807) is 0 Å². The summed E-state index contributed by atoms with van der Waals surface area (Å²) in [5.74, 6) is 0.733. The van der Waals surface area contributed by atoms with Gasteiger partial charge < -0.3 is 4.98 Å². The molecule has 9 heavy (non-hydrogen) atoms. The quantitative estimate of drug-likeness (QED) is 0.617. The van der Waals surface area contributed by atoms with E-state index >= 15 is 0 Å². The maximum Gasteiger partial charge on any atom is 0.0621 e. The van der Waals surface area contributed by atoms with E-state index in [4.69, 9.17) is 0 Å². The van der Waals surface area contributed by atoms with Crippen LogP contribution >= 0.6 is 0 Å². The number of H-pyrrole nitrogens is 1. The molecule has 0 amide bonds. The zero-order valence-electron chi connectivity index (χ0n) is 5.94. The average molecular weight is 122 g/mol. The van der Waals surface area contributed by atoms with Gasteiger partial charge in [0.05, 0.1) is 6.20 Å².